The second-order valence-corrected chi connectivity index (χ2v) is 5.51. The van der Waals surface area contributed by atoms with Crippen LogP contribution in [0, 0.1) is 17.0 Å². The number of carbonyl (C=O) groups is 1. The number of nitrogens with zero attached hydrogens (tertiary/aromatic N) is 2. The van der Waals surface area contributed by atoms with E-state index in [0.717, 1.165) is 17.8 Å². The van der Waals surface area contributed by atoms with E-state index >= 15 is 0 Å². The SMILES string of the molecule is Cc1c(Sc2ncccc2Cl)cc(C(=O)O)cc1[N+](=O)[O-]. The molecule has 1 N–H and O–H groups in total. The monoisotopic (exact) mass is 324 g/mol. The summed E-state index contributed by atoms with van der Waals surface area (Å²) in [7, 11) is 0. The standard InChI is InChI=1S/C13H9ClN2O4S/c1-7-10(16(19)20)5-8(13(17)18)6-11(7)21-12-9(14)3-2-4-15-12/h2-6H,1H3,(H,17,18). The van der Waals surface area contributed by atoms with Gasteiger partial charge in [0, 0.05) is 22.7 Å². The third-order valence-corrected chi connectivity index (χ3v) is 4.29. The first-order chi connectivity index (χ1) is 9.90. The Bertz CT molecular complexity index is 736. The van der Waals surface area contributed by atoms with Gasteiger partial charge in [0.1, 0.15) is 5.03 Å². The zero-order chi connectivity index (χ0) is 15.6. The third-order valence-electron chi connectivity index (χ3n) is 2.71. The summed E-state index contributed by atoms with van der Waals surface area (Å²) in [5.41, 5.74) is -0.0250. The number of rotatable bonds is 4. The number of nitro groups is 1. The van der Waals surface area contributed by atoms with Crippen molar-refractivity contribution in [1.82, 2.24) is 4.98 Å². The van der Waals surface area contributed by atoms with E-state index in [1.807, 2.05) is 0 Å². The fourth-order valence-electron chi connectivity index (χ4n) is 1.64. The van der Waals surface area contributed by atoms with Crippen LogP contribution in [0.25, 0.3) is 0 Å². The summed E-state index contributed by atoms with van der Waals surface area (Å²) in [6.45, 7) is 1.56. The summed E-state index contributed by atoms with van der Waals surface area (Å²) in [6.07, 6.45) is 1.54. The summed E-state index contributed by atoms with van der Waals surface area (Å²) >= 11 is 7.09. The highest BCUT2D eigenvalue weighted by atomic mass is 35.5. The Morgan fingerprint density at radius 1 is 1.48 bits per heavy atom. The molecule has 0 radical (unpaired) electrons. The lowest BCUT2D eigenvalue weighted by Crippen LogP contribution is -2.01. The van der Waals surface area contributed by atoms with Crippen molar-refractivity contribution in [2.45, 2.75) is 16.8 Å². The molecule has 0 aliphatic heterocycles. The van der Waals surface area contributed by atoms with E-state index < -0.39 is 10.9 Å². The van der Waals surface area contributed by atoms with Gasteiger partial charge >= 0.3 is 5.97 Å². The Balaban J connectivity index is 2.55. The van der Waals surface area contributed by atoms with E-state index in [2.05, 4.69) is 4.98 Å². The molecule has 0 amide bonds. The van der Waals surface area contributed by atoms with Crippen LogP contribution in [0.4, 0.5) is 5.69 Å². The van der Waals surface area contributed by atoms with Gasteiger partial charge in [0.25, 0.3) is 5.69 Å². The minimum Gasteiger partial charge on any atom is -0.478 e. The molecule has 108 valence electrons. The Morgan fingerprint density at radius 2 is 2.19 bits per heavy atom. The zero-order valence-electron chi connectivity index (χ0n) is 10.7. The maximum atomic E-state index is 11.1. The Labute approximate surface area is 128 Å². The molecule has 0 saturated heterocycles. The lowest BCUT2D eigenvalue weighted by Gasteiger charge is -2.08. The van der Waals surface area contributed by atoms with E-state index in [4.69, 9.17) is 16.7 Å². The summed E-state index contributed by atoms with van der Waals surface area (Å²) in [6, 6.07) is 5.72. The highest BCUT2D eigenvalue weighted by molar-refractivity contribution is 7.99. The first-order valence-electron chi connectivity index (χ1n) is 5.71. The number of hydrogen-bond acceptors (Lipinski definition) is 5. The number of hydrogen-bond donors (Lipinski definition) is 1. The molecule has 1 aromatic carbocycles. The van der Waals surface area contributed by atoms with E-state index in [1.54, 1.807) is 25.3 Å². The summed E-state index contributed by atoms with van der Waals surface area (Å²) in [5.74, 6) is -1.23. The molecule has 0 aliphatic carbocycles. The molecule has 1 heterocycles. The van der Waals surface area contributed by atoms with E-state index in [1.165, 1.54) is 6.07 Å². The van der Waals surface area contributed by atoms with E-state index in [9.17, 15) is 14.9 Å². The highest BCUT2D eigenvalue weighted by Gasteiger charge is 2.20. The van der Waals surface area contributed by atoms with Gasteiger partial charge in [-0.1, -0.05) is 23.4 Å². The van der Waals surface area contributed by atoms with Crippen molar-refractivity contribution in [1.29, 1.82) is 0 Å². The third kappa shape index (κ3) is 3.32. The van der Waals surface area contributed by atoms with Gasteiger partial charge in [0.2, 0.25) is 0 Å². The zero-order valence-corrected chi connectivity index (χ0v) is 12.3. The minimum atomic E-state index is -1.23. The smallest absolute Gasteiger partial charge is 0.335 e. The summed E-state index contributed by atoms with van der Waals surface area (Å²) in [4.78, 5) is 26.0. The van der Waals surface area contributed by atoms with E-state index in [-0.39, 0.29) is 11.3 Å². The predicted octanol–water partition coefficient (Wildman–Crippen LogP) is 3.80. The lowest BCUT2D eigenvalue weighted by molar-refractivity contribution is -0.385. The van der Waals surface area contributed by atoms with Crippen molar-refractivity contribution in [3.05, 3.63) is 56.7 Å². The second-order valence-electron chi connectivity index (χ2n) is 4.07. The van der Waals surface area contributed by atoms with Gasteiger partial charge in [-0.15, -0.1) is 0 Å². The number of aromatic nitrogens is 1. The number of nitro benzene ring substituents is 1. The topological polar surface area (TPSA) is 93.3 Å². The number of halogens is 1. The van der Waals surface area contributed by atoms with Crippen molar-refractivity contribution < 1.29 is 14.8 Å². The normalized spacial score (nSPS) is 10.4. The highest BCUT2D eigenvalue weighted by Crippen LogP contribution is 2.37. The van der Waals surface area contributed by atoms with Crippen molar-refractivity contribution in [2.75, 3.05) is 0 Å². The van der Waals surface area contributed by atoms with Crippen LogP contribution in [0.3, 0.4) is 0 Å². The van der Waals surface area contributed by atoms with Gasteiger partial charge in [-0.05, 0) is 25.1 Å². The van der Waals surface area contributed by atoms with Crippen LogP contribution in [-0.4, -0.2) is 21.0 Å². The number of carboxylic acid groups (broad SMARTS) is 1. The molecule has 0 unspecified atom stereocenters. The largest absolute Gasteiger partial charge is 0.478 e. The molecule has 8 heteroatoms. The molecule has 6 nitrogen and oxygen atoms in total. The maximum Gasteiger partial charge on any atom is 0.335 e. The van der Waals surface area contributed by atoms with Gasteiger partial charge in [-0.2, -0.15) is 0 Å². The Morgan fingerprint density at radius 3 is 2.76 bits per heavy atom. The molecular weight excluding hydrogens is 316 g/mol. The minimum absolute atomic E-state index is 0.151. The van der Waals surface area contributed by atoms with Crippen LogP contribution < -0.4 is 0 Å². The molecule has 2 rings (SSSR count). The molecule has 1 aromatic heterocycles. The quantitative estimate of drug-likeness (QED) is 0.679. The van der Waals surface area contributed by atoms with Crippen LogP contribution in [0.1, 0.15) is 15.9 Å². The van der Waals surface area contributed by atoms with Crippen molar-refractivity contribution in [3.8, 4) is 0 Å². The number of aromatic carboxylic acids is 1. The van der Waals surface area contributed by atoms with Crippen LogP contribution >= 0.6 is 23.4 Å². The predicted molar refractivity (Wildman–Crippen MR) is 78.2 cm³/mol. The maximum absolute atomic E-state index is 11.1. The number of benzene rings is 1. The number of carboxylic acids is 1. The molecule has 0 spiro atoms. The van der Waals surface area contributed by atoms with Gasteiger partial charge in [0.05, 0.1) is 15.5 Å². The molecule has 0 aliphatic rings. The fourth-order valence-corrected chi connectivity index (χ4v) is 2.81. The van der Waals surface area contributed by atoms with Crippen LogP contribution in [0.15, 0.2) is 40.4 Å². The van der Waals surface area contributed by atoms with Gasteiger partial charge < -0.3 is 5.11 Å². The lowest BCUT2D eigenvalue weighted by atomic mass is 10.1. The first-order valence-corrected chi connectivity index (χ1v) is 6.90. The summed E-state index contributed by atoms with van der Waals surface area (Å²) in [5, 5.41) is 20.9. The average molecular weight is 325 g/mol. The van der Waals surface area contributed by atoms with Crippen LogP contribution in [-0.2, 0) is 0 Å². The molecule has 0 atom stereocenters. The number of pyridine rings is 1. The van der Waals surface area contributed by atoms with Crippen molar-refractivity contribution >= 4 is 35.0 Å². The average Bonchev–Trinajstić information content (AvgIpc) is 2.42. The summed E-state index contributed by atoms with van der Waals surface area (Å²) < 4.78 is 0. The first kappa shape index (κ1) is 15.3. The van der Waals surface area contributed by atoms with E-state index in [0.29, 0.717) is 20.5 Å². The second kappa shape index (κ2) is 6.11. The molecule has 21 heavy (non-hydrogen) atoms. The van der Waals surface area contributed by atoms with Crippen molar-refractivity contribution in [3.63, 3.8) is 0 Å². The molecule has 2 aromatic rings. The van der Waals surface area contributed by atoms with Gasteiger partial charge in [0.15, 0.2) is 0 Å². The molecule has 0 bridgehead atoms. The Kier molecular flexibility index (Phi) is 4.44. The van der Waals surface area contributed by atoms with Crippen LogP contribution in [0.5, 0.6) is 0 Å². The van der Waals surface area contributed by atoms with Gasteiger partial charge in [-0.3, -0.25) is 10.1 Å². The fraction of sp³-hybridized carbons (Fsp3) is 0.0769. The van der Waals surface area contributed by atoms with Gasteiger partial charge in [-0.25, -0.2) is 9.78 Å². The molecule has 0 saturated carbocycles. The van der Waals surface area contributed by atoms with Crippen molar-refractivity contribution in [2.24, 2.45) is 0 Å². The van der Waals surface area contributed by atoms with Crippen LogP contribution in [0.2, 0.25) is 5.02 Å². The molecular formula is C13H9ClN2O4S. The Hall–Kier alpha value is -2.12. The molecule has 0 fully saturated rings.